The average molecular weight is 319 g/mol. The number of benzene rings is 1. The lowest BCUT2D eigenvalue weighted by atomic mass is 10.2. The fourth-order valence-corrected chi connectivity index (χ4v) is 3.14. The van der Waals surface area contributed by atoms with Crippen molar-refractivity contribution in [1.29, 1.82) is 0 Å². The van der Waals surface area contributed by atoms with E-state index in [1.54, 1.807) is 6.92 Å². The number of anilines is 1. The maximum atomic E-state index is 12.9. The first kappa shape index (κ1) is 15.4. The first-order valence-electron chi connectivity index (χ1n) is 5.81. The van der Waals surface area contributed by atoms with Gasteiger partial charge < -0.3 is 0 Å². The molecule has 0 saturated heterocycles. The molecule has 5 nitrogen and oxygen atoms in total. The quantitative estimate of drug-likeness (QED) is 0.945. The van der Waals surface area contributed by atoms with E-state index in [0.29, 0.717) is 5.69 Å². The van der Waals surface area contributed by atoms with Crippen molar-refractivity contribution in [3.05, 3.63) is 41.6 Å². The van der Waals surface area contributed by atoms with Gasteiger partial charge in [-0.3, -0.25) is 9.40 Å². The maximum absolute atomic E-state index is 12.9. The Morgan fingerprint density at radius 1 is 1.24 bits per heavy atom. The smallest absolute Gasteiger partial charge is 0.264 e. The molecular formula is C12H12F3N3O2S. The van der Waals surface area contributed by atoms with Gasteiger partial charge in [-0.25, -0.2) is 8.42 Å². The Hall–Kier alpha value is -2.03. The molecule has 114 valence electrons. The number of rotatable bonds is 3. The van der Waals surface area contributed by atoms with Crippen LogP contribution in [0.5, 0.6) is 0 Å². The predicted octanol–water partition coefficient (Wildman–Crippen LogP) is 2.55. The second kappa shape index (κ2) is 5.06. The lowest BCUT2D eigenvalue weighted by molar-refractivity contribution is -0.139. The third kappa shape index (κ3) is 3.18. The summed E-state index contributed by atoms with van der Waals surface area (Å²) >= 11 is 0. The fourth-order valence-electron chi connectivity index (χ4n) is 1.83. The standard InChI is InChI=1S/C12H12F3N3O2S/c1-8-7-11(18(2)16-8)17-21(19,20)10-6-4-3-5-9(10)12(13,14)15/h3-7,17H,1-2H3. The zero-order valence-electron chi connectivity index (χ0n) is 11.1. The molecule has 0 aliphatic heterocycles. The van der Waals surface area contributed by atoms with Crippen molar-refractivity contribution >= 4 is 15.8 Å². The molecule has 1 N–H and O–H groups in total. The molecule has 0 fully saturated rings. The van der Waals surface area contributed by atoms with E-state index in [0.717, 1.165) is 18.2 Å². The number of alkyl halides is 3. The summed E-state index contributed by atoms with van der Waals surface area (Å²) in [6.07, 6.45) is -4.76. The monoisotopic (exact) mass is 319 g/mol. The average Bonchev–Trinajstić information content (AvgIpc) is 2.66. The molecule has 0 aliphatic rings. The van der Waals surface area contributed by atoms with E-state index in [2.05, 4.69) is 9.82 Å². The van der Waals surface area contributed by atoms with Gasteiger partial charge in [0.2, 0.25) is 0 Å². The Balaban J connectivity index is 2.48. The van der Waals surface area contributed by atoms with Crippen LogP contribution in [0, 0.1) is 6.92 Å². The summed E-state index contributed by atoms with van der Waals surface area (Å²) in [5.74, 6) is 0.0875. The second-order valence-electron chi connectivity index (χ2n) is 4.39. The first-order chi connectivity index (χ1) is 9.61. The van der Waals surface area contributed by atoms with Crippen molar-refractivity contribution in [3.63, 3.8) is 0 Å². The van der Waals surface area contributed by atoms with E-state index in [1.807, 2.05) is 0 Å². The molecule has 1 aromatic heterocycles. The molecule has 0 amide bonds. The fraction of sp³-hybridized carbons (Fsp3) is 0.250. The summed E-state index contributed by atoms with van der Waals surface area (Å²) in [6, 6.07) is 5.43. The van der Waals surface area contributed by atoms with Gasteiger partial charge in [0.05, 0.1) is 16.2 Å². The Morgan fingerprint density at radius 3 is 2.38 bits per heavy atom. The van der Waals surface area contributed by atoms with Gasteiger partial charge in [-0.1, -0.05) is 12.1 Å². The molecule has 0 unspecified atom stereocenters. The molecule has 2 aromatic rings. The van der Waals surface area contributed by atoms with Crippen molar-refractivity contribution in [1.82, 2.24) is 9.78 Å². The minimum atomic E-state index is -4.76. The van der Waals surface area contributed by atoms with Crippen LogP contribution in [0.4, 0.5) is 19.0 Å². The van der Waals surface area contributed by atoms with Gasteiger partial charge in [0, 0.05) is 13.1 Å². The third-order valence-electron chi connectivity index (χ3n) is 2.72. The van der Waals surface area contributed by atoms with Crippen LogP contribution in [0.25, 0.3) is 0 Å². The second-order valence-corrected chi connectivity index (χ2v) is 6.04. The third-order valence-corrected chi connectivity index (χ3v) is 4.14. The van der Waals surface area contributed by atoms with Gasteiger partial charge in [0.25, 0.3) is 10.0 Å². The molecule has 1 heterocycles. The Morgan fingerprint density at radius 2 is 1.86 bits per heavy atom. The van der Waals surface area contributed by atoms with Crippen molar-refractivity contribution in [2.45, 2.75) is 18.0 Å². The summed E-state index contributed by atoms with van der Waals surface area (Å²) in [5, 5.41) is 3.93. The highest BCUT2D eigenvalue weighted by Crippen LogP contribution is 2.34. The minimum absolute atomic E-state index is 0.0875. The van der Waals surface area contributed by atoms with E-state index < -0.39 is 26.7 Å². The largest absolute Gasteiger partial charge is 0.417 e. The number of hydrogen-bond donors (Lipinski definition) is 1. The van der Waals surface area contributed by atoms with Crippen LogP contribution in [0.2, 0.25) is 0 Å². The topological polar surface area (TPSA) is 64.0 Å². The highest BCUT2D eigenvalue weighted by Gasteiger charge is 2.37. The van der Waals surface area contributed by atoms with Gasteiger partial charge in [-0.2, -0.15) is 18.3 Å². The van der Waals surface area contributed by atoms with Gasteiger partial charge in [0.15, 0.2) is 0 Å². The minimum Gasteiger partial charge on any atom is -0.264 e. The van der Waals surface area contributed by atoms with E-state index in [1.165, 1.54) is 23.9 Å². The van der Waals surface area contributed by atoms with Crippen LogP contribution in [-0.2, 0) is 23.2 Å². The molecule has 0 spiro atoms. The van der Waals surface area contributed by atoms with Crippen molar-refractivity contribution in [3.8, 4) is 0 Å². The van der Waals surface area contributed by atoms with E-state index in [9.17, 15) is 21.6 Å². The molecule has 0 radical (unpaired) electrons. The van der Waals surface area contributed by atoms with Crippen molar-refractivity contribution in [2.24, 2.45) is 7.05 Å². The van der Waals surface area contributed by atoms with Crippen LogP contribution in [-0.4, -0.2) is 18.2 Å². The number of nitrogens with one attached hydrogen (secondary N) is 1. The number of aromatic nitrogens is 2. The Kier molecular flexibility index (Phi) is 3.70. The first-order valence-corrected chi connectivity index (χ1v) is 7.29. The highest BCUT2D eigenvalue weighted by molar-refractivity contribution is 7.92. The zero-order valence-corrected chi connectivity index (χ0v) is 12.0. The van der Waals surface area contributed by atoms with E-state index in [4.69, 9.17) is 0 Å². The van der Waals surface area contributed by atoms with Crippen LogP contribution >= 0.6 is 0 Å². The number of hydrogen-bond acceptors (Lipinski definition) is 3. The predicted molar refractivity (Wildman–Crippen MR) is 70.2 cm³/mol. The summed E-state index contributed by atoms with van der Waals surface area (Å²) in [5.41, 5.74) is -0.671. The molecule has 1 aromatic carbocycles. The van der Waals surface area contributed by atoms with Crippen molar-refractivity contribution in [2.75, 3.05) is 4.72 Å². The molecule has 9 heteroatoms. The van der Waals surface area contributed by atoms with Gasteiger partial charge in [-0.15, -0.1) is 0 Å². The van der Waals surface area contributed by atoms with Crippen LogP contribution in [0.15, 0.2) is 35.2 Å². The lowest BCUT2D eigenvalue weighted by Crippen LogP contribution is -2.20. The normalized spacial score (nSPS) is 12.4. The molecule has 21 heavy (non-hydrogen) atoms. The maximum Gasteiger partial charge on any atom is 0.417 e. The van der Waals surface area contributed by atoms with Crippen molar-refractivity contribution < 1.29 is 21.6 Å². The number of halogens is 3. The van der Waals surface area contributed by atoms with Crippen LogP contribution < -0.4 is 4.72 Å². The van der Waals surface area contributed by atoms with Gasteiger partial charge in [0.1, 0.15) is 5.82 Å². The van der Waals surface area contributed by atoms with E-state index in [-0.39, 0.29) is 5.82 Å². The lowest BCUT2D eigenvalue weighted by Gasteiger charge is -2.14. The molecule has 0 saturated carbocycles. The molecule has 0 bridgehead atoms. The number of nitrogens with zero attached hydrogens (tertiary/aromatic N) is 2. The zero-order chi connectivity index (χ0) is 15.8. The SMILES string of the molecule is Cc1cc(NS(=O)(=O)c2ccccc2C(F)(F)F)n(C)n1. The molecule has 0 atom stereocenters. The van der Waals surface area contributed by atoms with Crippen LogP contribution in [0.3, 0.4) is 0 Å². The number of aryl methyl sites for hydroxylation is 2. The number of sulfonamides is 1. The summed E-state index contributed by atoms with van der Waals surface area (Å²) in [6.45, 7) is 1.64. The van der Waals surface area contributed by atoms with Gasteiger partial charge in [-0.05, 0) is 19.1 Å². The summed E-state index contributed by atoms with van der Waals surface area (Å²) < 4.78 is 66.4. The van der Waals surface area contributed by atoms with Crippen LogP contribution in [0.1, 0.15) is 11.3 Å². The summed E-state index contributed by atoms with van der Waals surface area (Å²) in [4.78, 5) is -0.823. The Labute approximate surface area is 119 Å². The van der Waals surface area contributed by atoms with Gasteiger partial charge >= 0.3 is 6.18 Å². The Bertz CT molecular complexity index is 766. The summed E-state index contributed by atoms with van der Waals surface area (Å²) in [7, 11) is -2.88. The molecular weight excluding hydrogens is 307 g/mol. The van der Waals surface area contributed by atoms with E-state index >= 15 is 0 Å². The highest BCUT2D eigenvalue weighted by atomic mass is 32.2. The molecule has 2 rings (SSSR count). The molecule has 0 aliphatic carbocycles.